The SMILES string of the molecule is COC(C)(C)CCNCCCCCCC(C)C. The minimum Gasteiger partial charge on any atom is -0.379 e. The van der Waals surface area contributed by atoms with Crippen LogP contribution in [0, 0.1) is 5.92 Å². The van der Waals surface area contributed by atoms with Crippen molar-refractivity contribution in [3.05, 3.63) is 0 Å². The molecule has 0 unspecified atom stereocenters. The third-order valence-electron chi connectivity index (χ3n) is 3.34. The molecule has 0 radical (unpaired) electrons. The first-order valence-electron chi connectivity index (χ1n) is 7.24. The molecule has 104 valence electrons. The third-order valence-corrected chi connectivity index (χ3v) is 3.34. The molecule has 0 aliphatic carbocycles. The standard InChI is InChI=1S/C15H33NO/c1-14(2)10-8-6-7-9-12-16-13-11-15(3,4)17-5/h14,16H,6-13H2,1-5H3. The maximum absolute atomic E-state index is 5.38. The Morgan fingerprint density at radius 2 is 1.65 bits per heavy atom. The maximum Gasteiger partial charge on any atom is 0.0634 e. The lowest BCUT2D eigenvalue weighted by Crippen LogP contribution is -2.29. The number of methoxy groups -OCH3 is 1. The van der Waals surface area contributed by atoms with Crippen LogP contribution in [0.4, 0.5) is 0 Å². The number of rotatable bonds is 11. The van der Waals surface area contributed by atoms with E-state index in [9.17, 15) is 0 Å². The van der Waals surface area contributed by atoms with Gasteiger partial charge in [0.2, 0.25) is 0 Å². The van der Waals surface area contributed by atoms with E-state index in [1.165, 1.54) is 32.1 Å². The van der Waals surface area contributed by atoms with E-state index in [0.29, 0.717) is 0 Å². The zero-order chi connectivity index (χ0) is 13.1. The van der Waals surface area contributed by atoms with Gasteiger partial charge < -0.3 is 10.1 Å². The summed E-state index contributed by atoms with van der Waals surface area (Å²) in [6.45, 7) is 11.1. The van der Waals surface area contributed by atoms with E-state index in [2.05, 4.69) is 33.0 Å². The molecule has 17 heavy (non-hydrogen) atoms. The van der Waals surface area contributed by atoms with Gasteiger partial charge in [0.05, 0.1) is 5.60 Å². The van der Waals surface area contributed by atoms with Gasteiger partial charge in [0.1, 0.15) is 0 Å². The first-order chi connectivity index (χ1) is 7.98. The molecule has 0 saturated carbocycles. The van der Waals surface area contributed by atoms with Crippen molar-refractivity contribution in [2.45, 2.75) is 71.8 Å². The highest BCUT2D eigenvalue weighted by molar-refractivity contribution is 4.68. The normalized spacial score (nSPS) is 12.4. The fourth-order valence-corrected chi connectivity index (χ4v) is 1.77. The van der Waals surface area contributed by atoms with Crippen LogP contribution in [0.15, 0.2) is 0 Å². The van der Waals surface area contributed by atoms with Crippen molar-refractivity contribution in [3.63, 3.8) is 0 Å². The Morgan fingerprint density at radius 1 is 1.00 bits per heavy atom. The Hall–Kier alpha value is -0.0800. The predicted molar refractivity (Wildman–Crippen MR) is 76.5 cm³/mol. The fraction of sp³-hybridized carbons (Fsp3) is 1.00. The maximum atomic E-state index is 5.38. The highest BCUT2D eigenvalue weighted by Crippen LogP contribution is 2.11. The first-order valence-corrected chi connectivity index (χ1v) is 7.24. The van der Waals surface area contributed by atoms with Gasteiger partial charge in [-0.3, -0.25) is 0 Å². The van der Waals surface area contributed by atoms with Gasteiger partial charge in [-0.05, 0) is 45.7 Å². The quantitative estimate of drug-likeness (QED) is 0.554. The fourth-order valence-electron chi connectivity index (χ4n) is 1.77. The molecule has 0 aromatic rings. The molecular weight excluding hydrogens is 210 g/mol. The molecule has 0 amide bonds. The summed E-state index contributed by atoms with van der Waals surface area (Å²) < 4.78 is 5.38. The van der Waals surface area contributed by atoms with Gasteiger partial charge in [0.25, 0.3) is 0 Å². The summed E-state index contributed by atoms with van der Waals surface area (Å²) >= 11 is 0. The summed E-state index contributed by atoms with van der Waals surface area (Å²) in [6, 6.07) is 0. The number of nitrogens with one attached hydrogen (secondary N) is 1. The Balaban J connectivity index is 3.14. The van der Waals surface area contributed by atoms with Crippen molar-refractivity contribution in [1.29, 1.82) is 0 Å². The lowest BCUT2D eigenvalue weighted by atomic mass is 10.0. The number of hydrogen-bond donors (Lipinski definition) is 1. The minimum atomic E-state index is 0.0181. The molecule has 0 heterocycles. The highest BCUT2D eigenvalue weighted by atomic mass is 16.5. The molecule has 2 nitrogen and oxygen atoms in total. The Labute approximate surface area is 109 Å². The van der Waals surface area contributed by atoms with E-state index in [0.717, 1.165) is 25.4 Å². The summed E-state index contributed by atoms with van der Waals surface area (Å²) in [4.78, 5) is 0. The molecule has 2 heteroatoms. The Bertz CT molecular complexity index is 166. The molecule has 0 aromatic heterocycles. The van der Waals surface area contributed by atoms with Gasteiger partial charge >= 0.3 is 0 Å². The molecule has 0 rings (SSSR count). The number of unbranched alkanes of at least 4 members (excludes halogenated alkanes) is 3. The summed E-state index contributed by atoms with van der Waals surface area (Å²) in [5.41, 5.74) is 0.0181. The van der Waals surface area contributed by atoms with Crippen LogP contribution < -0.4 is 5.32 Å². The summed E-state index contributed by atoms with van der Waals surface area (Å²) in [7, 11) is 1.79. The van der Waals surface area contributed by atoms with E-state index in [1.807, 2.05) is 0 Å². The van der Waals surface area contributed by atoms with E-state index in [4.69, 9.17) is 4.74 Å². The first kappa shape index (κ1) is 16.9. The van der Waals surface area contributed by atoms with Crippen LogP contribution in [0.1, 0.15) is 66.2 Å². The van der Waals surface area contributed by atoms with E-state index < -0.39 is 0 Å². The molecule has 0 spiro atoms. The van der Waals surface area contributed by atoms with Crippen LogP contribution in [0.25, 0.3) is 0 Å². The average Bonchev–Trinajstić information content (AvgIpc) is 2.26. The van der Waals surface area contributed by atoms with Crippen molar-refractivity contribution < 1.29 is 4.74 Å². The minimum absolute atomic E-state index is 0.0181. The van der Waals surface area contributed by atoms with Gasteiger partial charge in [0, 0.05) is 7.11 Å². The highest BCUT2D eigenvalue weighted by Gasteiger charge is 2.14. The lowest BCUT2D eigenvalue weighted by Gasteiger charge is -2.22. The van der Waals surface area contributed by atoms with E-state index in [1.54, 1.807) is 7.11 Å². The zero-order valence-electron chi connectivity index (χ0n) is 12.6. The van der Waals surface area contributed by atoms with Crippen molar-refractivity contribution in [3.8, 4) is 0 Å². The monoisotopic (exact) mass is 243 g/mol. The average molecular weight is 243 g/mol. The number of ether oxygens (including phenoxy) is 1. The van der Waals surface area contributed by atoms with Crippen LogP contribution in [-0.4, -0.2) is 25.8 Å². The number of hydrogen-bond acceptors (Lipinski definition) is 2. The van der Waals surface area contributed by atoms with Gasteiger partial charge in [-0.25, -0.2) is 0 Å². The Kier molecular flexibility index (Phi) is 9.85. The van der Waals surface area contributed by atoms with E-state index >= 15 is 0 Å². The van der Waals surface area contributed by atoms with Crippen LogP contribution in [0.5, 0.6) is 0 Å². The van der Waals surface area contributed by atoms with Crippen LogP contribution in [0.3, 0.4) is 0 Å². The second-order valence-electron chi connectivity index (χ2n) is 6.06. The molecule has 0 aliphatic heterocycles. The largest absolute Gasteiger partial charge is 0.379 e. The van der Waals surface area contributed by atoms with Crippen LogP contribution >= 0.6 is 0 Å². The molecule has 0 saturated heterocycles. The smallest absolute Gasteiger partial charge is 0.0634 e. The van der Waals surface area contributed by atoms with E-state index in [-0.39, 0.29) is 5.60 Å². The Morgan fingerprint density at radius 3 is 2.24 bits per heavy atom. The second-order valence-corrected chi connectivity index (χ2v) is 6.06. The van der Waals surface area contributed by atoms with Gasteiger partial charge in [-0.2, -0.15) is 0 Å². The zero-order valence-corrected chi connectivity index (χ0v) is 12.6. The lowest BCUT2D eigenvalue weighted by molar-refractivity contribution is 0.0159. The third kappa shape index (κ3) is 12.2. The van der Waals surface area contributed by atoms with Crippen molar-refractivity contribution in [2.24, 2.45) is 5.92 Å². The predicted octanol–water partition coefficient (Wildman–Crippen LogP) is 4.00. The van der Waals surface area contributed by atoms with Gasteiger partial charge in [-0.15, -0.1) is 0 Å². The van der Waals surface area contributed by atoms with Gasteiger partial charge in [0.15, 0.2) is 0 Å². The summed E-state index contributed by atoms with van der Waals surface area (Å²) in [5.74, 6) is 0.865. The molecule has 0 atom stereocenters. The summed E-state index contributed by atoms with van der Waals surface area (Å²) in [5, 5.41) is 3.50. The molecule has 0 aliphatic rings. The molecule has 1 N–H and O–H groups in total. The van der Waals surface area contributed by atoms with Crippen LogP contribution in [-0.2, 0) is 4.74 Å². The van der Waals surface area contributed by atoms with Crippen LogP contribution in [0.2, 0.25) is 0 Å². The van der Waals surface area contributed by atoms with Crippen molar-refractivity contribution in [1.82, 2.24) is 5.32 Å². The van der Waals surface area contributed by atoms with Gasteiger partial charge in [-0.1, -0.05) is 39.5 Å². The topological polar surface area (TPSA) is 21.3 Å². The van der Waals surface area contributed by atoms with Crippen molar-refractivity contribution >= 4 is 0 Å². The molecular formula is C15H33NO. The molecule has 0 aromatic carbocycles. The molecule has 0 fully saturated rings. The van der Waals surface area contributed by atoms with Crippen molar-refractivity contribution in [2.75, 3.05) is 20.2 Å². The summed E-state index contributed by atoms with van der Waals surface area (Å²) in [6.07, 6.45) is 7.93. The molecule has 0 bridgehead atoms. The second kappa shape index (κ2) is 9.90.